The first kappa shape index (κ1) is 14.2. The van der Waals surface area contributed by atoms with Crippen LogP contribution in [0.5, 0.6) is 0 Å². The predicted molar refractivity (Wildman–Crippen MR) is 86.7 cm³/mol. The second-order valence-electron chi connectivity index (χ2n) is 6.58. The first-order valence-corrected chi connectivity index (χ1v) is 7.94. The Morgan fingerprint density at radius 3 is 2.86 bits per heavy atom. The number of carbonyl (C=O) groups is 1. The van der Waals surface area contributed by atoms with Crippen molar-refractivity contribution in [1.82, 2.24) is 10.3 Å². The number of aryl methyl sites for hydroxylation is 2. The third kappa shape index (κ3) is 2.82. The van der Waals surface area contributed by atoms with E-state index in [9.17, 15) is 4.79 Å². The molecule has 1 aromatic carbocycles. The summed E-state index contributed by atoms with van der Waals surface area (Å²) in [6.07, 6.45) is 4.73. The summed E-state index contributed by atoms with van der Waals surface area (Å²) in [7, 11) is 0. The second kappa shape index (κ2) is 5.55. The maximum absolute atomic E-state index is 12.5. The number of carbonyl (C=O) groups excluding carboxylic acids is 1. The number of hydrogen-bond acceptors (Lipinski definition) is 1. The largest absolute Gasteiger partial charge is 0.358 e. The molecule has 0 radical (unpaired) electrons. The fourth-order valence-electron chi connectivity index (χ4n) is 3.44. The second-order valence-corrected chi connectivity index (χ2v) is 6.58. The predicted octanol–water partition coefficient (Wildman–Crippen LogP) is 4.09. The first-order chi connectivity index (χ1) is 10.0. The third-order valence-electron chi connectivity index (χ3n) is 4.84. The van der Waals surface area contributed by atoms with Gasteiger partial charge >= 0.3 is 0 Å². The normalized spacial score (nSPS) is 22.4. The Kier molecular flexibility index (Phi) is 3.75. The van der Waals surface area contributed by atoms with Crippen molar-refractivity contribution in [2.75, 3.05) is 0 Å². The fraction of sp³-hybridized carbons (Fsp3) is 0.500. The molecule has 1 amide bonds. The molecule has 1 aliphatic rings. The Hall–Kier alpha value is -1.77. The number of hydrogen-bond donors (Lipinski definition) is 2. The van der Waals surface area contributed by atoms with Crippen LogP contribution < -0.4 is 5.32 Å². The van der Waals surface area contributed by atoms with Gasteiger partial charge in [0.2, 0.25) is 0 Å². The van der Waals surface area contributed by atoms with Crippen molar-refractivity contribution in [3.8, 4) is 0 Å². The number of rotatable bonds is 2. The Bertz CT molecular complexity index is 671. The van der Waals surface area contributed by atoms with Crippen LogP contribution in [0.25, 0.3) is 10.9 Å². The van der Waals surface area contributed by atoms with Gasteiger partial charge in [-0.3, -0.25) is 4.79 Å². The van der Waals surface area contributed by atoms with Gasteiger partial charge in [0.1, 0.15) is 0 Å². The molecular formula is C18H24N2O. The van der Waals surface area contributed by atoms with Crippen LogP contribution >= 0.6 is 0 Å². The van der Waals surface area contributed by atoms with Gasteiger partial charge in [0, 0.05) is 28.2 Å². The zero-order chi connectivity index (χ0) is 15.0. The highest BCUT2D eigenvalue weighted by Gasteiger charge is 2.21. The van der Waals surface area contributed by atoms with E-state index >= 15 is 0 Å². The van der Waals surface area contributed by atoms with Crippen molar-refractivity contribution < 1.29 is 4.79 Å². The average Bonchev–Trinajstić information content (AvgIpc) is 2.74. The number of benzene rings is 1. The Labute approximate surface area is 126 Å². The molecule has 2 N–H and O–H groups in total. The van der Waals surface area contributed by atoms with Crippen LogP contribution in [0.1, 0.15) is 54.2 Å². The number of aromatic nitrogens is 1. The minimum absolute atomic E-state index is 0.0641. The fourth-order valence-corrected chi connectivity index (χ4v) is 3.44. The minimum Gasteiger partial charge on any atom is -0.358 e. The topological polar surface area (TPSA) is 44.9 Å². The van der Waals surface area contributed by atoms with E-state index in [1.165, 1.54) is 24.1 Å². The number of H-pyrrole nitrogens is 1. The van der Waals surface area contributed by atoms with Gasteiger partial charge in [-0.15, -0.1) is 0 Å². The summed E-state index contributed by atoms with van der Waals surface area (Å²) in [5.41, 5.74) is 4.27. The van der Waals surface area contributed by atoms with Crippen LogP contribution in [-0.4, -0.2) is 16.9 Å². The van der Waals surface area contributed by atoms with E-state index in [1.807, 2.05) is 18.2 Å². The number of amides is 1. The van der Waals surface area contributed by atoms with Crippen LogP contribution in [0, 0.1) is 19.8 Å². The van der Waals surface area contributed by atoms with Crippen LogP contribution in [-0.2, 0) is 0 Å². The molecule has 0 saturated heterocycles. The summed E-state index contributed by atoms with van der Waals surface area (Å²) in [5, 5.41) is 4.36. The smallest absolute Gasteiger partial charge is 0.251 e. The van der Waals surface area contributed by atoms with Gasteiger partial charge in [0.25, 0.3) is 5.91 Å². The summed E-state index contributed by atoms with van der Waals surface area (Å²) in [4.78, 5) is 15.8. The lowest BCUT2D eigenvalue weighted by molar-refractivity contribution is 0.0921. The average molecular weight is 284 g/mol. The van der Waals surface area contributed by atoms with E-state index in [1.54, 1.807) is 0 Å². The molecule has 0 spiro atoms. The van der Waals surface area contributed by atoms with E-state index in [0.717, 1.165) is 35.2 Å². The van der Waals surface area contributed by atoms with Crippen LogP contribution in [0.4, 0.5) is 0 Å². The molecule has 1 fully saturated rings. The quantitative estimate of drug-likeness (QED) is 0.857. The molecule has 3 heteroatoms. The lowest BCUT2D eigenvalue weighted by Crippen LogP contribution is -2.37. The monoisotopic (exact) mass is 284 g/mol. The molecule has 2 unspecified atom stereocenters. The summed E-state index contributed by atoms with van der Waals surface area (Å²) in [5.74, 6) is 0.787. The number of fused-ring (bicyclic) bond motifs is 1. The summed E-state index contributed by atoms with van der Waals surface area (Å²) in [6, 6.07) is 6.27. The molecule has 1 aliphatic carbocycles. The van der Waals surface area contributed by atoms with Gasteiger partial charge in [0.05, 0.1) is 0 Å². The maximum atomic E-state index is 12.5. The number of aromatic amines is 1. The molecule has 1 heterocycles. The molecule has 21 heavy (non-hydrogen) atoms. The minimum atomic E-state index is 0.0641. The third-order valence-corrected chi connectivity index (χ3v) is 4.84. The molecule has 1 aromatic heterocycles. The van der Waals surface area contributed by atoms with Crippen molar-refractivity contribution in [3.05, 3.63) is 35.0 Å². The van der Waals surface area contributed by atoms with Crippen molar-refractivity contribution in [2.24, 2.45) is 5.92 Å². The highest BCUT2D eigenvalue weighted by atomic mass is 16.1. The van der Waals surface area contributed by atoms with E-state index in [0.29, 0.717) is 6.04 Å². The molecule has 3 nitrogen and oxygen atoms in total. The van der Waals surface area contributed by atoms with Crippen molar-refractivity contribution >= 4 is 16.8 Å². The first-order valence-electron chi connectivity index (χ1n) is 7.94. The van der Waals surface area contributed by atoms with Gasteiger partial charge in [-0.1, -0.05) is 19.8 Å². The van der Waals surface area contributed by atoms with Gasteiger partial charge in [-0.05, 0) is 56.4 Å². The SMILES string of the molecule is Cc1[nH]c2ccc(C(=O)NC3CCCC(C)C3)cc2c1C. The Morgan fingerprint density at radius 1 is 1.29 bits per heavy atom. The summed E-state index contributed by atoms with van der Waals surface area (Å²) >= 11 is 0. The van der Waals surface area contributed by atoms with Crippen molar-refractivity contribution in [2.45, 2.75) is 52.5 Å². The zero-order valence-corrected chi connectivity index (χ0v) is 13.1. The molecule has 112 valence electrons. The van der Waals surface area contributed by atoms with E-state index in [4.69, 9.17) is 0 Å². The lowest BCUT2D eigenvalue weighted by Gasteiger charge is -2.27. The van der Waals surface area contributed by atoms with E-state index in [2.05, 4.69) is 31.1 Å². The molecule has 2 atom stereocenters. The molecule has 2 aromatic rings. The summed E-state index contributed by atoms with van der Waals surface area (Å²) in [6.45, 7) is 6.44. The van der Waals surface area contributed by atoms with E-state index < -0.39 is 0 Å². The van der Waals surface area contributed by atoms with Gasteiger partial charge in [-0.2, -0.15) is 0 Å². The van der Waals surface area contributed by atoms with Crippen molar-refractivity contribution in [3.63, 3.8) is 0 Å². The maximum Gasteiger partial charge on any atom is 0.251 e. The lowest BCUT2D eigenvalue weighted by atomic mass is 9.87. The molecular weight excluding hydrogens is 260 g/mol. The molecule has 1 saturated carbocycles. The van der Waals surface area contributed by atoms with Crippen LogP contribution in [0.2, 0.25) is 0 Å². The van der Waals surface area contributed by atoms with E-state index in [-0.39, 0.29) is 5.91 Å². The highest BCUT2D eigenvalue weighted by molar-refractivity contribution is 5.99. The van der Waals surface area contributed by atoms with Gasteiger partial charge in [0.15, 0.2) is 0 Å². The molecule has 0 aliphatic heterocycles. The standard InChI is InChI=1S/C18H24N2O/c1-11-5-4-6-15(9-11)20-18(21)14-7-8-17-16(10-14)12(2)13(3)19-17/h7-8,10-11,15,19H,4-6,9H2,1-3H3,(H,20,21). The zero-order valence-electron chi connectivity index (χ0n) is 13.1. The van der Waals surface area contributed by atoms with Crippen molar-refractivity contribution in [1.29, 1.82) is 0 Å². The Morgan fingerprint density at radius 2 is 2.10 bits per heavy atom. The molecule has 3 rings (SSSR count). The highest BCUT2D eigenvalue weighted by Crippen LogP contribution is 2.25. The molecule has 0 bridgehead atoms. The summed E-state index contributed by atoms with van der Waals surface area (Å²) < 4.78 is 0. The Balaban J connectivity index is 1.79. The van der Waals surface area contributed by atoms with Crippen LogP contribution in [0.3, 0.4) is 0 Å². The number of nitrogens with one attached hydrogen (secondary N) is 2. The van der Waals surface area contributed by atoms with Gasteiger partial charge < -0.3 is 10.3 Å². The van der Waals surface area contributed by atoms with Crippen LogP contribution in [0.15, 0.2) is 18.2 Å². The van der Waals surface area contributed by atoms with Gasteiger partial charge in [-0.25, -0.2) is 0 Å².